The molecule has 1 saturated carbocycles. The van der Waals surface area contributed by atoms with Gasteiger partial charge in [0.25, 0.3) is 0 Å². The van der Waals surface area contributed by atoms with E-state index in [4.69, 9.17) is 0 Å². The molecule has 2 rings (SSSR count). The third-order valence-electron chi connectivity index (χ3n) is 3.90. The van der Waals surface area contributed by atoms with Gasteiger partial charge in [-0.15, -0.1) is 0 Å². The summed E-state index contributed by atoms with van der Waals surface area (Å²) in [4.78, 5) is 11.1. The molecule has 3 heteroatoms. The predicted octanol–water partition coefficient (Wildman–Crippen LogP) is 2.21. The summed E-state index contributed by atoms with van der Waals surface area (Å²) in [5.74, 6) is 1.19. The van der Waals surface area contributed by atoms with Crippen molar-refractivity contribution in [1.29, 1.82) is 0 Å². The van der Waals surface area contributed by atoms with E-state index in [-0.39, 0.29) is 11.5 Å². The molecule has 94 valence electrons. The van der Waals surface area contributed by atoms with Gasteiger partial charge in [0.05, 0.1) is 6.10 Å². The minimum absolute atomic E-state index is 0.0405. The second kappa shape index (κ2) is 5.05. The Morgan fingerprint density at radius 2 is 1.94 bits per heavy atom. The largest absolute Gasteiger partial charge is 0.393 e. The summed E-state index contributed by atoms with van der Waals surface area (Å²) in [5, 5.41) is 9.82. The topological polar surface area (TPSA) is 42.2 Å². The zero-order valence-electron chi connectivity index (χ0n) is 10.5. The average molecular weight is 235 g/mol. The molecule has 3 unspecified atom stereocenters. The van der Waals surface area contributed by atoms with Crippen LogP contribution in [0.4, 0.5) is 0 Å². The number of pyridine rings is 1. The average Bonchev–Trinajstić information content (AvgIpc) is 2.29. The Bertz CT molecular complexity index is 404. The standard InChI is InChI=1S/C14H21NO2/c1-10(2)13-4-3-12(17)9-14(13)15-7-5-11(16)6-8-15/h5-8,10,12-14,17H,3-4,9H2,1-2H3. The summed E-state index contributed by atoms with van der Waals surface area (Å²) in [5.41, 5.74) is 0.0405. The number of aliphatic hydroxyl groups is 1. The minimum Gasteiger partial charge on any atom is -0.393 e. The Kier molecular flexibility index (Phi) is 3.67. The lowest BCUT2D eigenvalue weighted by Gasteiger charge is -2.38. The molecule has 1 fully saturated rings. The van der Waals surface area contributed by atoms with Crippen molar-refractivity contribution in [3.63, 3.8) is 0 Å². The van der Waals surface area contributed by atoms with Gasteiger partial charge in [0, 0.05) is 30.6 Å². The Labute approximate surface area is 102 Å². The summed E-state index contributed by atoms with van der Waals surface area (Å²) in [6, 6.07) is 3.51. The maximum absolute atomic E-state index is 11.1. The van der Waals surface area contributed by atoms with Crippen LogP contribution in [0.25, 0.3) is 0 Å². The quantitative estimate of drug-likeness (QED) is 0.854. The molecular formula is C14H21NO2. The van der Waals surface area contributed by atoms with Crippen molar-refractivity contribution in [3.05, 3.63) is 34.7 Å². The van der Waals surface area contributed by atoms with Crippen molar-refractivity contribution in [2.75, 3.05) is 0 Å². The van der Waals surface area contributed by atoms with Gasteiger partial charge in [-0.2, -0.15) is 0 Å². The molecule has 17 heavy (non-hydrogen) atoms. The number of aromatic nitrogens is 1. The highest BCUT2D eigenvalue weighted by Gasteiger charge is 2.32. The maximum atomic E-state index is 11.1. The van der Waals surface area contributed by atoms with Crippen LogP contribution in [0.1, 0.15) is 39.2 Å². The summed E-state index contributed by atoms with van der Waals surface area (Å²) in [6.45, 7) is 4.47. The van der Waals surface area contributed by atoms with E-state index in [0.717, 1.165) is 19.3 Å². The molecule has 0 bridgehead atoms. The monoisotopic (exact) mass is 235 g/mol. The van der Waals surface area contributed by atoms with Crippen molar-refractivity contribution < 1.29 is 5.11 Å². The normalized spacial score (nSPS) is 29.5. The van der Waals surface area contributed by atoms with E-state index < -0.39 is 0 Å². The summed E-state index contributed by atoms with van der Waals surface area (Å²) < 4.78 is 2.09. The smallest absolute Gasteiger partial charge is 0.181 e. The molecule has 3 atom stereocenters. The van der Waals surface area contributed by atoms with Crippen LogP contribution in [-0.4, -0.2) is 15.8 Å². The SMILES string of the molecule is CC(C)C1CCC(O)CC1n1ccc(=O)cc1. The highest BCUT2D eigenvalue weighted by molar-refractivity contribution is 4.98. The molecule has 0 aromatic carbocycles. The predicted molar refractivity (Wildman–Crippen MR) is 67.9 cm³/mol. The van der Waals surface area contributed by atoms with Crippen molar-refractivity contribution in [2.24, 2.45) is 11.8 Å². The molecule has 3 nitrogen and oxygen atoms in total. The fraction of sp³-hybridized carbons (Fsp3) is 0.643. The van der Waals surface area contributed by atoms with Gasteiger partial charge < -0.3 is 9.67 Å². The lowest BCUT2D eigenvalue weighted by atomic mass is 9.76. The molecule has 0 aliphatic heterocycles. The van der Waals surface area contributed by atoms with E-state index in [1.165, 1.54) is 0 Å². The molecule has 1 aliphatic carbocycles. The molecule has 1 heterocycles. The third-order valence-corrected chi connectivity index (χ3v) is 3.90. The first-order valence-corrected chi connectivity index (χ1v) is 6.44. The van der Waals surface area contributed by atoms with Crippen LogP contribution < -0.4 is 5.43 Å². The highest BCUT2D eigenvalue weighted by Crippen LogP contribution is 2.38. The second-order valence-electron chi connectivity index (χ2n) is 5.42. The zero-order valence-corrected chi connectivity index (χ0v) is 10.5. The fourth-order valence-corrected chi connectivity index (χ4v) is 2.91. The van der Waals surface area contributed by atoms with Crippen molar-refractivity contribution in [1.82, 2.24) is 4.57 Å². The van der Waals surface area contributed by atoms with E-state index in [0.29, 0.717) is 17.9 Å². The van der Waals surface area contributed by atoms with E-state index >= 15 is 0 Å². The van der Waals surface area contributed by atoms with Crippen LogP contribution in [0.3, 0.4) is 0 Å². The molecule has 0 saturated heterocycles. The van der Waals surface area contributed by atoms with Gasteiger partial charge in [-0.1, -0.05) is 13.8 Å². The fourth-order valence-electron chi connectivity index (χ4n) is 2.91. The van der Waals surface area contributed by atoms with E-state index in [1.807, 2.05) is 12.4 Å². The van der Waals surface area contributed by atoms with Gasteiger partial charge >= 0.3 is 0 Å². The van der Waals surface area contributed by atoms with Crippen LogP contribution in [0.15, 0.2) is 29.3 Å². The molecule has 0 spiro atoms. The molecule has 1 aliphatic rings. The van der Waals surface area contributed by atoms with Gasteiger partial charge in [-0.25, -0.2) is 0 Å². The first-order chi connectivity index (χ1) is 8.08. The Balaban J connectivity index is 2.25. The van der Waals surface area contributed by atoms with Crippen LogP contribution in [0.5, 0.6) is 0 Å². The van der Waals surface area contributed by atoms with Crippen molar-refractivity contribution in [3.8, 4) is 0 Å². The van der Waals surface area contributed by atoms with Gasteiger partial charge in [0.15, 0.2) is 5.43 Å². The Morgan fingerprint density at radius 3 is 2.53 bits per heavy atom. The molecule has 1 aromatic heterocycles. The van der Waals surface area contributed by atoms with Gasteiger partial charge in [0.2, 0.25) is 0 Å². The third kappa shape index (κ3) is 2.78. The zero-order chi connectivity index (χ0) is 12.4. The van der Waals surface area contributed by atoms with Gasteiger partial charge in [-0.3, -0.25) is 4.79 Å². The number of hydrogen-bond acceptors (Lipinski definition) is 2. The van der Waals surface area contributed by atoms with Gasteiger partial charge in [-0.05, 0) is 31.1 Å². The van der Waals surface area contributed by atoms with Crippen molar-refractivity contribution >= 4 is 0 Å². The number of rotatable bonds is 2. The molecule has 1 aromatic rings. The molecule has 0 radical (unpaired) electrons. The first-order valence-electron chi connectivity index (χ1n) is 6.44. The number of hydrogen-bond donors (Lipinski definition) is 1. The molecule has 1 N–H and O–H groups in total. The molecule has 0 amide bonds. The van der Waals surface area contributed by atoms with E-state index in [9.17, 15) is 9.90 Å². The van der Waals surface area contributed by atoms with Crippen LogP contribution in [-0.2, 0) is 0 Å². The second-order valence-corrected chi connectivity index (χ2v) is 5.42. The van der Waals surface area contributed by atoms with Crippen LogP contribution in [0, 0.1) is 11.8 Å². The Hall–Kier alpha value is -1.09. The summed E-state index contributed by atoms with van der Waals surface area (Å²) >= 11 is 0. The lowest BCUT2D eigenvalue weighted by molar-refractivity contribution is 0.0566. The Morgan fingerprint density at radius 1 is 1.29 bits per heavy atom. The van der Waals surface area contributed by atoms with Crippen LogP contribution >= 0.6 is 0 Å². The van der Waals surface area contributed by atoms with Crippen molar-refractivity contribution in [2.45, 2.75) is 45.3 Å². The number of nitrogens with zero attached hydrogens (tertiary/aromatic N) is 1. The highest BCUT2D eigenvalue weighted by atomic mass is 16.3. The minimum atomic E-state index is -0.200. The maximum Gasteiger partial charge on any atom is 0.181 e. The van der Waals surface area contributed by atoms with E-state index in [1.54, 1.807) is 12.1 Å². The lowest BCUT2D eigenvalue weighted by Crippen LogP contribution is -2.33. The summed E-state index contributed by atoms with van der Waals surface area (Å²) in [7, 11) is 0. The number of aliphatic hydroxyl groups excluding tert-OH is 1. The molecular weight excluding hydrogens is 214 g/mol. The first kappa shape index (κ1) is 12.4. The van der Waals surface area contributed by atoms with Gasteiger partial charge in [0.1, 0.15) is 0 Å². The van der Waals surface area contributed by atoms with Crippen LogP contribution in [0.2, 0.25) is 0 Å². The van der Waals surface area contributed by atoms with E-state index in [2.05, 4.69) is 18.4 Å². The summed E-state index contributed by atoms with van der Waals surface area (Å²) in [6.07, 6.45) is 6.26.